The first kappa shape index (κ1) is 38.0. The number of carbonyl (C=O) groups is 2. The van der Waals surface area contributed by atoms with E-state index in [4.69, 9.17) is 28.4 Å². The molecule has 0 unspecified atom stereocenters. The Hall–Kier alpha value is -1.70. The molecule has 0 bridgehead atoms. The maximum absolute atomic E-state index is 14.6. The van der Waals surface area contributed by atoms with Gasteiger partial charge in [-0.3, -0.25) is 9.59 Å². The molecule has 11 heteroatoms. The summed E-state index contributed by atoms with van der Waals surface area (Å²) in [7, 11) is 5.62. The third kappa shape index (κ3) is 7.81. The molecule has 0 radical (unpaired) electrons. The minimum absolute atomic E-state index is 0. The lowest BCUT2D eigenvalue weighted by molar-refractivity contribution is -0.307. The summed E-state index contributed by atoms with van der Waals surface area (Å²) < 4.78 is 36.7. The summed E-state index contributed by atoms with van der Waals surface area (Å²) in [5.41, 5.74) is 0.726. The molecule has 50 heavy (non-hydrogen) atoms. The van der Waals surface area contributed by atoms with Crippen molar-refractivity contribution in [2.24, 2.45) is 35.5 Å². The third-order valence-corrected chi connectivity index (χ3v) is 12.8. The fourth-order valence-electron chi connectivity index (χ4n) is 9.86. The zero-order valence-electron chi connectivity index (χ0n) is 31.0. The van der Waals surface area contributed by atoms with Crippen LogP contribution in [0.2, 0.25) is 0 Å². The number of allylic oxidation sites excluding steroid dienone is 4. The number of Topliss-reactive ketones (excluding diaryl/α,β-unsaturated/α-hetero) is 1. The standard InChI is InChI=1S/C39H61NO10.2H2/c1-8-24-10-9-11-32(50-34-15-14-31(40(5)6)21(3)46-34)20(2)35(42)30-18-28-26(29(30)19-33(41)48-24)13-12-23-16-25(17-27(23)28)49-39-37(44)38(45-7)36(43)22(4)47-39;;/h12-13,18,20-29,31-32,34,36-39,43-44H,8-11,14-17,19H2,1-7H3;2*1H/t20-,21-,22+,23-,24+,25-,26-,27-,28-,29+,31+,32+,34+,36+,37-,38-,39+;;/m1../s1. The number of likely N-dealkylation sites (N-methyl/N-ethyl adjacent to an activating group) is 1. The monoisotopic (exact) mass is 707 g/mol. The highest BCUT2D eigenvalue weighted by Gasteiger charge is 2.52. The van der Waals surface area contributed by atoms with E-state index in [0.29, 0.717) is 12.5 Å². The molecule has 17 atom stereocenters. The zero-order chi connectivity index (χ0) is 35.9. The topological polar surface area (TPSA) is 133 Å². The van der Waals surface area contributed by atoms with E-state index < -0.39 is 30.7 Å². The Morgan fingerprint density at radius 3 is 2.42 bits per heavy atom. The number of cyclic esters (lactones) is 1. The number of hydrogen-bond acceptors (Lipinski definition) is 11. The number of rotatable bonds is 7. The van der Waals surface area contributed by atoms with E-state index in [0.717, 1.165) is 50.5 Å². The van der Waals surface area contributed by atoms with E-state index in [1.54, 1.807) is 6.92 Å². The third-order valence-electron chi connectivity index (χ3n) is 12.8. The molecular weight excluding hydrogens is 642 g/mol. The molecule has 0 aromatic heterocycles. The maximum atomic E-state index is 14.6. The zero-order valence-corrected chi connectivity index (χ0v) is 31.0. The molecular formula is C39H65NO10. The van der Waals surface area contributed by atoms with E-state index in [2.05, 4.69) is 51.1 Å². The lowest BCUT2D eigenvalue weighted by Gasteiger charge is -2.41. The van der Waals surface area contributed by atoms with E-state index in [1.165, 1.54) is 7.11 Å². The second kappa shape index (κ2) is 16.1. The molecule has 0 aromatic carbocycles. The van der Waals surface area contributed by atoms with E-state index in [1.807, 2.05) is 6.92 Å². The number of ether oxygens (including phenoxy) is 6. The molecule has 6 rings (SSSR count). The fourth-order valence-corrected chi connectivity index (χ4v) is 9.86. The number of esters is 1. The lowest BCUT2D eigenvalue weighted by atomic mass is 9.70. The van der Waals surface area contributed by atoms with Gasteiger partial charge >= 0.3 is 5.97 Å². The molecule has 3 heterocycles. The number of aliphatic hydroxyl groups excluding tert-OH is 2. The van der Waals surface area contributed by atoms with Crippen LogP contribution in [-0.4, -0.2) is 116 Å². The summed E-state index contributed by atoms with van der Waals surface area (Å²) in [5.74, 6) is -0.315. The van der Waals surface area contributed by atoms with Crippen LogP contribution < -0.4 is 0 Å². The van der Waals surface area contributed by atoms with Gasteiger partial charge in [0, 0.05) is 27.8 Å². The molecule has 2 N–H and O–H groups in total. The van der Waals surface area contributed by atoms with Crippen LogP contribution >= 0.6 is 0 Å². The average Bonchev–Trinajstić information content (AvgIpc) is 3.66. The molecule has 286 valence electrons. The van der Waals surface area contributed by atoms with Crippen LogP contribution in [-0.2, 0) is 38.0 Å². The Labute approximate surface area is 301 Å². The minimum Gasteiger partial charge on any atom is -0.462 e. The maximum Gasteiger partial charge on any atom is 0.306 e. The predicted octanol–water partition coefficient (Wildman–Crippen LogP) is 4.67. The Bertz CT molecular complexity index is 1270. The summed E-state index contributed by atoms with van der Waals surface area (Å²) in [6.07, 6.45) is 7.69. The van der Waals surface area contributed by atoms with Crippen molar-refractivity contribution in [2.75, 3.05) is 21.2 Å². The number of nitrogens with zero attached hydrogens (tertiary/aromatic N) is 1. The summed E-state index contributed by atoms with van der Waals surface area (Å²) in [6, 6.07) is 0.328. The first-order valence-electron chi connectivity index (χ1n) is 19.2. The highest BCUT2D eigenvalue weighted by molar-refractivity contribution is 5.99. The predicted molar refractivity (Wildman–Crippen MR) is 189 cm³/mol. The van der Waals surface area contributed by atoms with Crippen LogP contribution in [0.5, 0.6) is 0 Å². The van der Waals surface area contributed by atoms with Crippen LogP contribution in [0, 0.1) is 35.5 Å². The summed E-state index contributed by atoms with van der Waals surface area (Å²) in [4.78, 5) is 30.2. The SMILES string of the molecule is CC[C@H]1CCC[C@H](O[C@H]2CC[C@H](N(C)C)[C@@H](C)O2)[C@@H](C)C(=O)C2=C[C@@H]3[C@@H](C=C[C@@H]4C[C@@H](O[C@@H]5O[C@@H](C)[C@H](O)[C@@H](OC)[C@H]5O)C[C@@H]34)[C@@H]2CC(=O)O1.[HH].[HH]. The molecule has 3 saturated heterocycles. The van der Waals surface area contributed by atoms with Gasteiger partial charge in [0.15, 0.2) is 18.4 Å². The number of ketones is 1. The smallest absolute Gasteiger partial charge is 0.306 e. The molecule has 0 amide bonds. The molecule has 6 aliphatic rings. The van der Waals surface area contributed by atoms with Gasteiger partial charge in [-0.15, -0.1) is 0 Å². The van der Waals surface area contributed by atoms with Crippen LogP contribution in [0.4, 0.5) is 0 Å². The molecule has 3 aliphatic carbocycles. The highest BCUT2D eigenvalue weighted by Crippen LogP contribution is 2.54. The van der Waals surface area contributed by atoms with Gasteiger partial charge in [-0.25, -0.2) is 0 Å². The van der Waals surface area contributed by atoms with Gasteiger partial charge in [0.25, 0.3) is 0 Å². The van der Waals surface area contributed by atoms with Crippen LogP contribution in [0.1, 0.15) is 88.3 Å². The number of hydrogen-bond donors (Lipinski definition) is 2. The van der Waals surface area contributed by atoms with Crippen LogP contribution in [0.25, 0.3) is 0 Å². The molecule has 0 aromatic rings. The Balaban J connectivity index is 0.00000302. The Morgan fingerprint density at radius 1 is 0.940 bits per heavy atom. The second-order valence-electron chi connectivity index (χ2n) is 16.1. The second-order valence-corrected chi connectivity index (χ2v) is 16.1. The summed E-state index contributed by atoms with van der Waals surface area (Å²) >= 11 is 0. The minimum atomic E-state index is -1.12. The van der Waals surface area contributed by atoms with Crippen molar-refractivity contribution in [3.63, 3.8) is 0 Å². The molecule has 3 aliphatic heterocycles. The van der Waals surface area contributed by atoms with Gasteiger partial charge in [-0.2, -0.15) is 0 Å². The number of aliphatic hydroxyl groups is 2. The van der Waals surface area contributed by atoms with Crippen molar-refractivity contribution >= 4 is 11.8 Å². The largest absolute Gasteiger partial charge is 0.462 e. The van der Waals surface area contributed by atoms with Crippen molar-refractivity contribution in [3.8, 4) is 0 Å². The van der Waals surface area contributed by atoms with Gasteiger partial charge in [0.2, 0.25) is 0 Å². The molecule has 4 fully saturated rings. The van der Waals surface area contributed by atoms with Gasteiger partial charge in [0.1, 0.15) is 24.4 Å². The first-order valence-corrected chi connectivity index (χ1v) is 19.2. The van der Waals surface area contributed by atoms with Gasteiger partial charge < -0.3 is 43.5 Å². The van der Waals surface area contributed by atoms with Crippen molar-refractivity contribution in [1.29, 1.82) is 0 Å². The quantitative estimate of drug-likeness (QED) is 0.283. The van der Waals surface area contributed by atoms with E-state index >= 15 is 0 Å². The van der Waals surface area contributed by atoms with Crippen molar-refractivity contribution < 1.29 is 51.1 Å². The van der Waals surface area contributed by atoms with Gasteiger partial charge in [-0.05, 0) is 109 Å². The summed E-state index contributed by atoms with van der Waals surface area (Å²) in [6.45, 7) is 7.88. The molecule has 1 saturated carbocycles. The number of methoxy groups -OCH3 is 1. The van der Waals surface area contributed by atoms with Gasteiger partial charge in [0.05, 0.1) is 30.8 Å². The molecule has 11 nitrogen and oxygen atoms in total. The van der Waals surface area contributed by atoms with Crippen LogP contribution in [0.15, 0.2) is 23.8 Å². The Kier molecular flexibility index (Phi) is 12.3. The van der Waals surface area contributed by atoms with Crippen molar-refractivity contribution in [2.45, 2.75) is 153 Å². The van der Waals surface area contributed by atoms with E-state index in [-0.39, 0.29) is 87.2 Å². The lowest BCUT2D eigenvalue weighted by Crippen LogP contribution is -2.58. The number of fused-ring (bicyclic) bond motifs is 5. The number of carbonyl (C=O) groups excluding carboxylic acids is 2. The van der Waals surface area contributed by atoms with E-state index in [9.17, 15) is 19.8 Å². The normalized spacial score (nSPS) is 47.1. The highest BCUT2D eigenvalue weighted by atomic mass is 16.7. The fraction of sp³-hybridized carbons (Fsp3) is 0.846. The molecule has 0 spiro atoms. The average molecular weight is 708 g/mol. The summed E-state index contributed by atoms with van der Waals surface area (Å²) in [5, 5.41) is 21.3. The first-order chi connectivity index (χ1) is 23.9. The van der Waals surface area contributed by atoms with Crippen molar-refractivity contribution in [3.05, 3.63) is 23.8 Å². The Morgan fingerprint density at radius 2 is 1.72 bits per heavy atom. The van der Waals surface area contributed by atoms with Gasteiger partial charge in [-0.1, -0.05) is 32.1 Å². The van der Waals surface area contributed by atoms with Crippen LogP contribution in [0.3, 0.4) is 0 Å². The van der Waals surface area contributed by atoms with Crippen molar-refractivity contribution in [1.82, 2.24) is 4.90 Å².